The number of hydrogen-bond donors (Lipinski definition) is 2. The van der Waals surface area contributed by atoms with E-state index in [1.165, 1.54) is 0 Å². The van der Waals surface area contributed by atoms with Gasteiger partial charge in [0.15, 0.2) is 11.5 Å². The minimum Gasteiger partial charge on any atom is -0.486 e. The number of ether oxygens (including phenoxy) is 2. The van der Waals surface area contributed by atoms with Gasteiger partial charge in [0, 0.05) is 22.4 Å². The Morgan fingerprint density at radius 1 is 1.04 bits per heavy atom. The first-order valence-electron chi connectivity index (χ1n) is 9.12. The molecule has 1 aliphatic heterocycles. The Balaban J connectivity index is 1.70. The number of amides is 2. The van der Waals surface area contributed by atoms with Gasteiger partial charge in [-0.1, -0.05) is 18.5 Å². The number of hydrogen-bond acceptors (Lipinski definition) is 4. The molecule has 2 amide bonds. The van der Waals surface area contributed by atoms with E-state index in [1.807, 2.05) is 20.8 Å². The topological polar surface area (TPSA) is 76.7 Å². The maximum atomic E-state index is 12.6. The van der Waals surface area contributed by atoms with Crippen molar-refractivity contribution in [1.29, 1.82) is 0 Å². The van der Waals surface area contributed by atoms with Gasteiger partial charge in [-0.2, -0.15) is 0 Å². The lowest BCUT2D eigenvalue weighted by Crippen LogP contribution is -2.42. The first kappa shape index (κ1) is 20.0. The molecule has 0 fully saturated rings. The average Bonchev–Trinajstić information content (AvgIpc) is 2.68. The van der Waals surface area contributed by atoms with Crippen LogP contribution in [0.5, 0.6) is 11.5 Å². The normalized spacial score (nSPS) is 13.0. The van der Waals surface area contributed by atoms with Gasteiger partial charge in [-0.3, -0.25) is 9.59 Å². The summed E-state index contributed by atoms with van der Waals surface area (Å²) in [5.41, 5.74) is 1.19. The Hall–Kier alpha value is -2.73. The predicted octanol–water partition coefficient (Wildman–Crippen LogP) is 4.28. The number of carbonyl (C=O) groups is 2. The zero-order valence-electron chi connectivity index (χ0n) is 16.1. The number of anilines is 1. The van der Waals surface area contributed by atoms with Gasteiger partial charge in [-0.25, -0.2) is 0 Å². The largest absolute Gasteiger partial charge is 0.486 e. The summed E-state index contributed by atoms with van der Waals surface area (Å²) in [7, 11) is 0. The highest BCUT2D eigenvalue weighted by atomic mass is 35.5. The van der Waals surface area contributed by atoms with Gasteiger partial charge >= 0.3 is 0 Å². The SMILES string of the molecule is CCC(C)(C)NC(=O)c1ccc(NC(=O)c2cc(Cl)c3c(c2)OCCO3)cc1. The van der Waals surface area contributed by atoms with E-state index < -0.39 is 0 Å². The van der Waals surface area contributed by atoms with Gasteiger partial charge in [0.25, 0.3) is 11.8 Å². The molecule has 2 N–H and O–H groups in total. The third kappa shape index (κ3) is 4.57. The third-order valence-electron chi connectivity index (χ3n) is 4.60. The zero-order chi connectivity index (χ0) is 20.3. The Kier molecular flexibility index (Phi) is 5.79. The molecule has 2 aromatic carbocycles. The van der Waals surface area contributed by atoms with Crippen LogP contribution in [0.15, 0.2) is 36.4 Å². The smallest absolute Gasteiger partial charge is 0.255 e. The van der Waals surface area contributed by atoms with Crippen molar-refractivity contribution in [3.05, 3.63) is 52.5 Å². The molecule has 0 aromatic heterocycles. The Morgan fingerprint density at radius 3 is 2.39 bits per heavy atom. The maximum absolute atomic E-state index is 12.6. The van der Waals surface area contributed by atoms with Crippen molar-refractivity contribution >= 4 is 29.1 Å². The quantitative estimate of drug-likeness (QED) is 0.782. The summed E-state index contributed by atoms with van der Waals surface area (Å²) in [6.45, 7) is 6.79. The molecule has 0 saturated carbocycles. The van der Waals surface area contributed by atoms with Crippen molar-refractivity contribution in [3.8, 4) is 11.5 Å². The summed E-state index contributed by atoms with van der Waals surface area (Å²) < 4.78 is 11.0. The fourth-order valence-corrected chi connectivity index (χ4v) is 2.88. The van der Waals surface area contributed by atoms with E-state index in [2.05, 4.69) is 10.6 Å². The average molecular weight is 403 g/mol. The number of benzene rings is 2. The molecule has 0 saturated heterocycles. The summed E-state index contributed by atoms with van der Waals surface area (Å²) in [4.78, 5) is 24.9. The monoisotopic (exact) mass is 402 g/mol. The fraction of sp³-hybridized carbons (Fsp3) is 0.333. The van der Waals surface area contributed by atoms with Crippen LogP contribution in [0.2, 0.25) is 5.02 Å². The van der Waals surface area contributed by atoms with Crippen molar-refractivity contribution < 1.29 is 19.1 Å². The lowest BCUT2D eigenvalue weighted by Gasteiger charge is -2.24. The number of nitrogens with one attached hydrogen (secondary N) is 2. The van der Waals surface area contributed by atoms with E-state index in [0.717, 1.165) is 6.42 Å². The Morgan fingerprint density at radius 2 is 1.71 bits per heavy atom. The lowest BCUT2D eigenvalue weighted by molar-refractivity contribution is 0.0911. The number of halogens is 1. The lowest BCUT2D eigenvalue weighted by atomic mass is 10.0. The molecule has 28 heavy (non-hydrogen) atoms. The van der Waals surface area contributed by atoms with Crippen LogP contribution in [0.25, 0.3) is 0 Å². The Bertz CT molecular complexity index is 894. The van der Waals surface area contributed by atoms with Crippen LogP contribution in [0.3, 0.4) is 0 Å². The number of fused-ring (bicyclic) bond motifs is 1. The minimum atomic E-state index is -0.330. The molecule has 0 bridgehead atoms. The van der Waals surface area contributed by atoms with E-state index >= 15 is 0 Å². The summed E-state index contributed by atoms with van der Waals surface area (Å²) in [6, 6.07) is 9.86. The molecule has 0 radical (unpaired) electrons. The van der Waals surface area contributed by atoms with Gasteiger partial charge in [-0.05, 0) is 56.7 Å². The van der Waals surface area contributed by atoms with E-state index in [0.29, 0.717) is 46.5 Å². The maximum Gasteiger partial charge on any atom is 0.255 e. The second-order valence-corrected chi connectivity index (χ2v) is 7.61. The van der Waals surface area contributed by atoms with Crippen molar-refractivity contribution in [2.24, 2.45) is 0 Å². The molecular weight excluding hydrogens is 380 g/mol. The van der Waals surface area contributed by atoms with Gasteiger partial charge in [0.05, 0.1) is 5.02 Å². The highest BCUT2D eigenvalue weighted by molar-refractivity contribution is 6.32. The molecule has 0 atom stereocenters. The van der Waals surface area contributed by atoms with Gasteiger partial charge in [-0.15, -0.1) is 0 Å². The molecule has 3 rings (SSSR count). The van der Waals surface area contributed by atoms with Crippen LogP contribution in [0.1, 0.15) is 47.9 Å². The van der Waals surface area contributed by atoms with E-state index in [-0.39, 0.29) is 17.4 Å². The predicted molar refractivity (Wildman–Crippen MR) is 109 cm³/mol. The molecule has 0 spiro atoms. The van der Waals surface area contributed by atoms with Gasteiger partial charge in [0.2, 0.25) is 0 Å². The number of rotatable bonds is 5. The van der Waals surface area contributed by atoms with Crippen LogP contribution >= 0.6 is 11.6 Å². The van der Waals surface area contributed by atoms with Crippen molar-refractivity contribution in [2.75, 3.05) is 18.5 Å². The second-order valence-electron chi connectivity index (χ2n) is 7.21. The summed E-state index contributed by atoms with van der Waals surface area (Å²) >= 11 is 6.19. The van der Waals surface area contributed by atoms with Crippen LogP contribution in [-0.2, 0) is 0 Å². The fourth-order valence-electron chi connectivity index (χ4n) is 2.62. The van der Waals surface area contributed by atoms with E-state index in [4.69, 9.17) is 21.1 Å². The number of carbonyl (C=O) groups excluding carboxylic acids is 2. The molecule has 0 aliphatic carbocycles. The van der Waals surface area contributed by atoms with E-state index in [1.54, 1.807) is 36.4 Å². The molecule has 1 aliphatic rings. The van der Waals surface area contributed by atoms with Crippen molar-refractivity contribution in [2.45, 2.75) is 32.7 Å². The van der Waals surface area contributed by atoms with Crippen LogP contribution < -0.4 is 20.1 Å². The van der Waals surface area contributed by atoms with Gasteiger partial charge < -0.3 is 20.1 Å². The minimum absolute atomic E-state index is 0.150. The second kappa shape index (κ2) is 8.10. The summed E-state index contributed by atoms with van der Waals surface area (Å²) in [6.07, 6.45) is 0.824. The molecule has 0 unspecified atom stereocenters. The van der Waals surface area contributed by atoms with E-state index in [9.17, 15) is 9.59 Å². The van der Waals surface area contributed by atoms with Gasteiger partial charge in [0.1, 0.15) is 13.2 Å². The zero-order valence-corrected chi connectivity index (χ0v) is 16.9. The van der Waals surface area contributed by atoms with Crippen molar-refractivity contribution in [3.63, 3.8) is 0 Å². The van der Waals surface area contributed by atoms with Crippen LogP contribution in [-0.4, -0.2) is 30.6 Å². The Labute approximate surface area is 169 Å². The third-order valence-corrected chi connectivity index (χ3v) is 4.88. The summed E-state index contributed by atoms with van der Waals surface area (Å²) in [5, 5.41) is 6.10. The molecule has 2 aromatic rings. The van der Waals surface area contributed by atoms with Crippen molar-refractivity contribution in [1.82, 2.24) is 5.32 Å². The first-order chi connectivity index (χ1) is 13.3. The summed E-state index contributed by atoms with van der Waals surface area (Å²) in [5.74, 6) is 0.427. The molecule has 6 nitrogen and oxygen atoms in total. The molecule has 7 heteroatoms. The first-order valence-corrected chi connectivity index (χ1v) is 9.50. The highest BCUT2D eigenvalue weighted by Gasteiger charge is 2.20. The standard InChI is InChI=1S/C21H23ClN2O4/c1-4-21(2,3)24-20(26)13-5-7-15(8-6-13)23-19(25)14-11-16(22)18-17(12-14)27-9-10-28-18/h5-8,11-12H,4,9-10H2,1-3H3,(H,23,25)(H,24,26). The highest BCUT2D eigenvalue weighted by Crippen LogP contribution is 2.38. The molecular formula is C21H23ClN2O4. The molecule has 1 heterocycles. The molecule has 148 valence electrons. The van der Waals surface area contributed by atoms with Crippen LogP contribution in [0, 0.1) is 0 Å². The van der Waals surface area contributed by atoms with Crippen LogP contribution in [0.4, 0.5) is 5.69 Å².